The third-order valence-corrected chi connectivity index (χ3v) is 4.92. The molecule has 2 N–H and O–H groups in total. The Labute approximate surface area is 124 Å². The van der Waals surface area contributed by atoms with Crippen LogP contribution in [0.4, 0.5) is 0 Å². The van der Waals surface area contributed by atoms with Crippen LogP contribution in [-0.4, -0.2) is 67.8 Å². The SMILES string of the molecule is COCCN(C1CC1)C1(CN)CCN(CC(C)C)CC1. The molecular weight excluding hydrogens is 250 g/mol. The van der Waals surface area contributed by atoms with E-state index in [-0.39, 0.29) is 5.54 Å². The van der Waals surface area contributed by atoms with Gasteiger partial charge in [0.1, 0.15) is 0 Å². The van der Waals surface area contributed by atoms with Crippen LogP contribution in [0.25, 0.3) is 0 Å². The average molecular weight is 283 g/mol. The average Bonchev–Trinajstić information content (AvgIpc) is 3.25. The van der Waals surface area contributed by atoms with Crippen LogP contribution < -0.4 is 5.73 Å². The maximum atomic E-state index is 6.22. The highest BCUT2D eigenvalue weighted by atomic mass is 16.5. The number of ether oxygens (including phenoxy) is 1. The Bertz CT molecular complexity index is 283. The summed E-state index contributed by atoms with van der Waals surface area (Å²) in [6, 6.07) is 0.769. The molecule has 2 rings (SSSR count). The van der Waals surface area contributed by atoms with Crippen molar-refractivity contribution in [2.24, 2.45) is 11.7 Å². The molecule has 0 aromatic carbocycles. The molecule has 2 fully saturated rings. The van der Waals surface area contributed by atoms with Gasteiger partial charge in [0.25, 0.3) is 0 Å². The molecule has 0 atom stereocenters. The fraction of sp³-hybridized carbons (Fsp3) is 1.00. The van der Waals surface area contributed by atoms with Crippen molar-refractivity contribution < 1.29 is 4.74 Å². The van der Waals surface area contributed by atoms with Crippen molar-refractivity contribution in [3.63, 3.8) is 0 Å². The van der Waals surface area contributed by atoms with Crippen molar-refractivity contribution in [3.8, 4) is 0 Å². The lowest BCUT2D eigenvalue weighted by atomic mass is 9.85. The molecule has 1 aliphatic heterocycles. The minimum atomic E-state index is 0.229. The molecule has 0 unspecified atom stereocenters. The fourth-order valence-corrected chi connectivity index (χ4v) is 3.66. The molecule has 1 saturated heterocycles. The first-order valence-electron chi connectivity index (χ1n) is 8.29. The summed E-state index contributed by atoms with van der Waals surface area (Å²) in [7, 11) is 1.80. The maximum absolute atomic E-state index is 6.22. The van der Waals surface area contributed by atoms with E-state index in [1.54, 1.807) is 7.11 Å². The van der Waals surface area contributed by atoms with Crippen LogP contribution >= 0.6 is 0 Å². The lowest BCUT2D eigenvalue weighted by Crippen LogP contribution is -2.61. The standard InChI is InChI=1S/C16H33N3O/c1-14(2)12-18-8-6-16(13-17,7-9-18)19(10-11-20-3)15-4-5-15/h14-15H,4-13,17H2,1-3H3. The second-order valence-corrected chi connectivity index (χ2v) is 7.04. The minimum Gasteiger partial charge on any atom is -0.383 e. The molecular formula is C16H33N3O. The van der Waals surface area contributed by atoms with Crippen molar-refractivity contribution in [1.82, 2.24) is 9.80 Å². The first kappa shape index (κ1) is 16.2. The van der Waals surface area contributed by atoms with Crippen LogP contribution in [0.1, 0.15) is 39.5 Å². The number of piperidine rings is 1. The Morgan fingerprint density at radius 3 is 2.40 bits per heavy atom. The van der Waals surface area contributed by atoms with Crippen molar-refractivity contribution in [3.05, 3.63) is 0 Å². The summed E-state index contributed by atoms with van der Waals surface area (Å²) in [6.07, 6.45) is 5.13. The molecule has 1 heterocycles. The van der Waals surface area contributed by atoms with Gasteiger partial charge in [-0.15, -0.1) is 0 Å². The zero-order chi connectivity index (χ0) is 14.6. The van der Waals surface area contributed by atoms with E-state index in [2.05, 4.69) is 23.6 Å². The molecule has 0 bridgehead atoms. The second-order valence-electron chi connectivity index (χ2n) is 7.04. The zero-order valence-corrected chi connectivity index (χ0v) is 13.6. The number of methoxy groups -OCH3 is 1. The molecule has 0 spiro atoms. The van der Waals surface area contributed by atoms with Gasteiger partial charge in [0.05, 0.1) is 6.61 Å². The topological polar surface area (TPSA) is 41.7 Å². The van der Waals surface area contributed by atoms with E-state index in [1.807, 2.05) is 0 Å². The largest absolute Gasteiger partial charge is 0.383 e. The van der Waals surface area contributed by atoms with E-state index in [0.717, 1.165) is 31.7 Å². The van der Waals surface area contributed by atoms with E-state index in [4.69, 9.17) is 10.5 Å². The van der Waals surface area contributed by atoms with Crippen molar-refractivity contribution >= 4 is 0 Å². The normalized spacial score (nSPS) is 23.7. The highest BCUT2D eigenvalue weighted by Crippen LogP contribution is 2.37. The molecule has 2 aliphatic rings. The van der Waals surface area contributed by atoms with Gasteiger partial charge >= 0.3 is 0 Å². The first-order chi connectivity index (χ1) is 9.61. The number of nitrogens with zero attached hydrogens (tertiary/aromatic N) is 2. The highest BCUT2D eigenvalue weighted by molar-refractivity contribution is 5.02. The predicted octanol–water partition coefficient (Wildman–Crippen LogP) is 1.55. The Morgan fingerprint density at radius 1 is 1.30 bits per heavy atom. The summed E-state index contributed by atoms with van der Waals surface area (Å²) in [6.45, 7) is 10.9. The van der Waals surface area contributed by atoms with Crippen molar-refractivity contribution in [2.75, 3.05) is 46.4 Å². The molecule has 0 aromatic rings. The monoisotopic (exact) mass is 283 g/mol. The third-order valence-electron chi connectivity index (χ3n) is 4.92. The first-order valence-corrected chi connectivity index (χ1v) is 8.29. The van der Waals surface area contributed by atoms with Gasteiger partial charge < -0.3 is 15.4 Å². The number of likely N-dealkylation sites (tertiary alicyclic amines) is 1. The number of hydrogen-bond donors (Lipinski definition) is 1. The predicted molar refractivity (Wildman–Crippen MR) is 83.9 cm³/mol. The quantitative estimate of drug-likeness (QED) is 0.734. The van der Waals surface area contributed by atoms with Crippen molar-refractivity contribution in [2.45, 2.75) is 51.1 Å². The lowest BCUT2D eigenvalue weighted by Gasteiger charge is -2.49. The van der Waals surface area contributed by atoms with E-state index >= 15 is 0 Å². The summed E-state index contributed by atoms with van der Waals surface area (Å²) in [5.41, 5.74) is 6.45. The van der Waals surface area contributed by atoms with Gasteiger partial charge in [-0.2, -0.15) is 0 Å². The van der Waals surface area contributed by atoms with E-state index < -0.39 is 0 Å². The zero-order valence-electron chi connectivity index (χ0n) is 13.6. The van der Waals surface area contributed by atoms with Crippen LogP contribution in [0.15, 0.2) is 0 Å². The summed E-state index contributed by atoms with van der Waals surface area (Å²) in [5.74, 6) is 0.758. The summed E-state index contributed by atoms with van der Waals surface area (Å²) in [4.78, 5) is 5.29. The fourth-order valence-electron chi connectivity index (χ4n) is 3.66. The molecule has 20 heavy (non-hydrogen) atoms. The van der Waals surface area contributed by atoms with E-state index in [0.29, 0.717) is 0 Å². The van der Waals surface area contributed by atoms with Gasteiger partial charge in [-0.25, -0.2) is 0 Å². The van der Waals surface area contributed by atoms with Gasteiger partial charge in [0, 0.05) is 38.3 Å². The summed E-state index contributed by atoms with van der Waals surface area (Å²) < 4.78 is 5.31. The number of rotatable bonds is 8. The minimum absolute atomic E-state index is 0.229. The molecule has 4 nitrogen and oxygen atoms in total. The van der Waals surface area contributed by atoms with Crippen LogP contribution in [-0.2, 0) is 4.74 Å². The highest BCUT2D eigenvalue weighted by Gasteiger charge is 2.44. The van der Waals surface area contributed by atoms with Gasteiger partial charge in [0.2, 0.25) is 0 Å². The smallest absolute Gasteiger partial charge is 0.0590 e. The van der Waals surface area contributed by atoms with Gasteiger partial charge in [-0.05, 0) is 44.7 Å². The Morgan fingerprint density at radius 2 is 1.95 bits per heavy atom. The molecule has 1 aliphatic carbocycles. The van der Waals surface area contributed by atoms with Gasteiger partial charge in [-0.3, -0.25) is 4.90 Å². The lowest BCUT2D eigenvalue weighted by molar-refractivity contribution is 0.00288. The van der Waals surface area contributed by atoms with Crippen LogP contribution in [0.5, 0.6) is 0 Å². The molecule has 118 valence electrons. The Hall–Kier alpha value is -0.160. The summed E-state index contributed by atoms with van der Waals surface area (Å²) >= 11 is 0. The molecule has 0 aromatic heterocycles. The maximum Gasteiger partial charge on any atom is 0.0590 e. The van der Waals surface area contributed by atoms with E-state index in [1.165, 1.54) is 45.3 Å². The Kier molecular flexibility index (Phi) is 5.84. The number of hydrogen-bond acceptors (Lipinski definition) is 4. The molecule has 0 amide bonds. The van der Waals surface area contributed by atoms with Crippen LogP contribution in [0.2, 0.25) is 0 Å². The van der Waals surface area contributed by atoms with Crippen LogP contribution in [0.3, 0.4) is 0 Å². The Balaban J connectivity index is 1.95. The van der Waals surface area contributed by atoms with Gasteiger partial charge in [-0.1, -0.05) is 13.8 Å². The second kappa shape index (κ2) is 7.21. The molecule has 0 radical (unpaired) electrons. The van der Waals surface area contributed by atoms with Gasteiger partial charge in [0.15, 0.2) is 0 Å². The molecule has 4 heteroatoms. The molecule has 1 saturated carbocycles. The van der Waals surface area contributed by atoms with Crippen LogP contribution in [0, 0.1) is 5.92 Å². The number of nitrogens with two attached hydrogens (primary N) is 1. The third kappa shape index (κ3) is 3.94. The van der Waals surface area contributed by atoms with E-state index in [9.17, 15) is 0 Å². The summed E-state index contributed by atoms with van der Waals surface area (Å²) in [5, 5.41) is 0. The van der Waals surface area contributed by atoms with Crippen molar-refractivity contribution in [1.29, 1.82) is 0 Å².